The van der Waals surface area contributed by atoms with Crippen molar-refractivity contribution in [3.8, 4) is 0 Å². The van der Waals surface area contributed by atoms with Gasteiger partial charge >= 0.3 is 5.69 Å². The quantitative estimate of drug-likeness (QED) is 0.327. The van der Waals surface area contributed by atoms with Crippen LogP contribution in [0.2, 0.25) is 5.15 Å². The third kappa shape index (κ3) is 4.72. The molecule has 110 valence electrons. The van der Waals surface area contributed by atoms with Crippen LogP contribution < -0.4 is 10.5 Å². The highest BCUT2D eigenvalue weighted by Gasteiger charge is 2.24. The Kier molecular flexibility index (Phi) is 5.36. The average Bonchev–Trinajstić information content (AvgIpc) is 2.32. The van der Waals surface area contributed by atoms with Crippen molar-refractivity contribution in [1.29, 1.82) is 0 Å². The Bertz CT molecular complexity index is 633. The summed E-state index contributed by atoms with van der Waals surface area (Å²) in [5.74, 6) is -1.04. The van der Waals surface area contributed by atoms with Crippen molar-refractivity contribution in [2.24, 2.45) is 5.14 Å². The summed E-state index contributed by atoms with van der Waals surface area (Å²) in [4.78, 5) is 25.3. The van der Waals surface area contributed by atoms with Gasteiger partial charge in [0.15, 0.2) is 0 Å². The monoisotopic (exact) mass is 322 g/mol. The van der Waals surface area contributed by atoms with Gasteiger partial charge in [0.05, 0.1) is 10.7 Å². The third-order valence-corrected chi connectivity index (χ3v) is 3.33. The van der Waals surface area contributed by atoms with Crippen LogP contribution in [0.1, 0.15) is 16.8 Å². The number of amides is 1. The average molecular weight is 323 g/mol. The summed E-state index contributed by atoms with van der Waals surface area (Å²) >= 11 is 5.56. The van der Waals surface area contributed by atoms with E-state index in [2.05, 4.69) is 10.3 Å². The Labute approximate surface area is 119 Å². The van der Waals surface area contributed by atoms with E-state index in [9.17, 15) is 23.3 Å². The molecule has 0 aliphatic rings. The molecule has 3 N–H and O–H groups in total. The van der Waals surface area contributed by atoms with Gasteiger partial charge in [-0.25, -0.2) is 18.5 Å². The number of primary sulfonamides is 1. The van der Waals surface area contributed by atoms with Crippen molar-refractivity contribution in [2.45, 2.75) is 6.42 Å². The van der Waals surface area contributed by atoms with Crippen LogP contribution in [0.25, 0.3) is 0 Å². The first-order valence-corrected chi connectivity index (χ1v) is 7.39. The van der Waals surface area contributed by atoms with Crippen LogP contribution in [0.15, 0.2) is 12.3 Å². The zero-order valence-electron chi connectivity index (χ0n) is 10.1. The number of hydrogen-bond acceptors (Lipinski definition) is 6. The molecule has 20 heavy (non-hydrogen) atoms. The van der Waals surface area contributed by atoms with Crippen molar-refractivity contribution in [1.82, 2.24) is 10.3 Å². The summed E-state index contributed by atoms with van der Waals surface area (Å²) in [5.41, 5.74) is -0.844. The number of sulfonamides is 1. The minimum absolute atomic E-state index is 0.00631. The van der Waals surface area contributed by atoms with Crippen LogP contribution in [-0.4, -0.2) is 36.5 Å². The van der Waals surface area contributed by atoms with Crippen LogP contribution in [0.5, 0.6) is 0 Å². The predicted octanol–water partition coefficient (Wildman–Crippen LogP) is 0.0516. The molecule has 1 heterocycles. The number of nitro groups is 1. The number of rotatable bonds is 6. The molecule has 0 spiro atoms. The summed E-state index contributed by atoms with van der Waals surface area (Å²) in [6.07, 6.45) is 1.26. The van der Waals surface area contributed by atoms with Gasteiger partial charge in [0.2, 0.25) is 15.2 Å². The zero-order valence-corrected chi connectivity index (χ0v) is 11.6. The van der Waals surface area contributed by atoms with Gasteiger partial charge in [0, 0.05) is 12.7 Å². The lowest BCUT2D eigenvalue weighted by atomic mass is 10.2. The molecule has 0 aliphatic heterocycles. The van der Waals surface area contributed by atoms with Crippen molar-refractivity contribution < 1.29 is 18.1 Å². The highest BCUT2D eigenvalue weighted by Crippen LogP contribution is 2.25. The normalized spacial score (nSPS) is 11.1. The molecule has 0 aliphatic carbocycles. The van der Waals surface area contributed by atoms with Gasteiger partial charge in [-0.1, -0.05) is 11.6 Å². The van der Waals surface area contributed by atoms with E-state index in [4.69, 9.17) is 16.7 Å². The minimum Gasteiger partial charge on any atom is -0.352 e. The van der Waals surface area contributed by atoms with E-state index in [1.54, 1.807) is 0 Å². The second kappa shape index (κ2) is 6.59. The van der Waals surface area contributed by atoms with Crippen LogP contribution in [0.3, 0.4) is 0 Å². The van der Waals surface area contributed by atoms with Crippen LogP contribution in [-0.2, 0) is 10.0 Å². The topological polar surface area (TPSA) is 145 Å². The molecule has 0 unspecified atom stereocenters. The molecule has 0 bridgehead atoms. The number of nitrogens with zero attached hydrogens (tertiary/aromatic N) is 2. The molecule has 1 aromatic rings. The summed E-state index contributed by atoms with van der Waals surface area (Å²) in [7, 11) is -3.61. The zero-order chi connectivity index (χ0) is 15.3. The molecule has 11 heteroatoms. The van der Waals surface area contributed by atoms with Gasteiger partial charge in [-0.15, -0.1) is 0 Å². The smallest absolute Gasteiger partial charge is 0.319 e. The molecule has 0 saturated heterocycles. The van der Waals surface area contributed by atoms with Crippen molar-refractivity contribution in [3.63, 3.8) is 0 Å². The van der Waals surface area contributed by atoms with E-state index in [1.165, 1.54) is 0 Å². The van der Waals surface area contributed by atoms with Crippen molar-refractivity contribution in [3.05, 3.63) is 33.1 Å². The van der Waals surface area contributed by atoms with Gasteiger partial charge in [-0.05, 0) is 12.5 Å². The maximum absolute atomic E-state index is 11.8. The number of nitrogens with two attached hydrogens (primary N) is 1. The largest absolute Gasteiger partial charge is 0.352 e. The summed E-state index contributed by atoms with van der Waals surface area (Å²) in [5, 5.41) is 17.6. The standard InChI is InChI=1S/C9H11ClN4O5S/c10-8-7(14(16)17)6(2-4-12-8)9(15)13-3-1-5-20(11,18)19/h2,4H,1,3,5H2,(H,13,15)(H2,11,18,19). The van der Waals surface area contributed by atoms with Crippen molar-refractivity contribution in [2.75, 3.05) is 12.3 Å². The number of halogens is 1. The third-order valence-electron chi connectivity index (χ3n) is 2.20. The highest BCUT2D eigenvalue weighted by atomic mass is 35.5. The van der Waals surface area contributed by atoms with Gasteiger partial charge in [-0.3, -0.25) is 14.9 Å². The van der Waals surface area contributed by atoms with Gasteiger partial charge in [0.1, 0.15) is 5.56 Å². The Balaban J connectivity index is 2.74. The van der Waals surface area contributed by atoms with E-state index in [1.807, 2.05) is 0 Å². The van der Waals surface area contributed by atoms with E-state index in [0.717, 1.165) is 12.3 Å². The second-order valence-corrected chi connectivity index (χ2v) is 5.82. The highest BCUT2D eigenvalue weighted by molar-refractivity contribution is 7.89. The summed E-state index contributed by atoms with van der Waals surface area (Å²) in [6, 6.07) is 1.15. The maximum atomic E-state index is 11.8. The Morgan fingerprint density at radius 3 is 2.75 bits per heavy atom. The molecule has 1 amide bonds. The predicted molar refractivity (Wildman–Crippen MR) is 70.8 cm³/mol. The number of carbonyl (C=O) groups excluding carboxylic acids is 1. The molecular weight excluding hydrogens is 312 g/mol. The van der Waals surface area contributed by atoms with E-state index in [-0.39, 0.29) is 24.3 Å². The lowest BCUT2D eigenvalue weighted by molar-refractivity contribution is -0.385. The Morgan fingerprint density at radius 2 is 2.20 bits per heavy atom. The minimum atomic E-state index is -3.61. The number of nitrogens with one attached hydrogen (secondary N) is 1. The van der Waals surface area contributed by atoms with E-state index < -0.39 is 31.7 Å². The molecule has 1 rings (SSSR count). The fourth-order valence-electron chi connectivity index (χ4n) is 1.36. The first-order valence-electron chi connectivity index (χ1n) is 5.30. The lowest BCUT2D eigenvalue weighted by Crippen LogP contribution is -2.28. The molecule has 1 aromatic heterocycles. The number of carbonyl (C=O) groups is 1. The van der Waals surface area contributed by atoms with Gasteiger partial charge in [0.25, 0.3) is 5.91 Å². The number of pyridine rings is 1. The summed E-state index contributed by atoms with van der Waals surface area (Å²) < 4.78 is 21.4. The molecular formula is C9H11ClN4O5S. The Hall–Kier alpha value is -1.78. The van der Waals surface area contributed by atoms with Gasteiger partial charge in [-0.2, -0.15) is 0 Å². The molecule has 0 fully saturated rings. The van der Waals surface area contributed by atoms with Crippen LogP contribution in [0.4, 0.5) is 5.69 Å². The molecule has 0 atom stereocenters. The molecule has 0 radical (unpaired) electrons. The van der Waals surface area contributed by atoms with Crippen LogP contribution in [0, 0.1) is 10.1 Å². The maximum Gasteiger partial charge on any atom is 0.319 e. The number of hydrogen-bond donors (Lipinski definition) is 2. The molecule has 0 saturated carbocycles. The fourth-order valence-corrected chi connectivity index (χ4v) is 2.13. The lowest BCUT2D eigenvalue weighted by Gasteiger charge is -2.05. The second-order valence-electron chi connectivity index (χ2n) is 3.73. The first-order chi connectivity index (χ1) is 9.22. The number of aromatic nitrogens is 1. The Morgan fingerprint density at radius 1 is 1.55 bits per heavy atom. The molecule has 9 nitrogen and oxygen atoms in total. The van der Waals surface area contributed by atoms with E-state index >= 15 is 0 Å². The fraction of sp³-hybridized carbons (Fsp3) is 0.333. The SMILES string of the molecule is NS(=O)(=O)CCCNC(=O)c1ccnc(Cl)c1[N+](=O)[O-]. The van der Waals surface area contributed by atoms with Crippen molar-refractivity contribution >= 4 is 33.2 Å². The van der Waals surface area contributed by atoms with E-state index in [0.29, 0.717) is 0 Å². The van der Waals surface area contributed by atoms with Gasteiger partial charge < -0.3 is 5.32 Å². The molecule has 0 aromatic carbocycles. The summed E-state index contributed by atoms with van der Waals surface area (Å²) in [6.45, 7) is 0.00631. The van der Waals surface area contributed by atoms with Crippen LogP contribution >= 0.6 is 11.6 Å². The first kappa shape index (κ1) is 16.3.